The van der Waals surface area contributed by atoms with Crippen LogP contribution in [0.1, 0.15) is 32.0 Å². The lowest BCUT2D eigenvalue weighted by Gasteiger charge is -2.33. The van der Waals surface area contributed by atoms with Gasteiger partial charge in [-0.15, -0.1) is 0 Å². The zero-order valence-electron chi connectivity index (χ0n) is 16.8. The molecule has 0 bridgehead atoms. The highest BCUT2D eigenvalue weighted by Crippen LogP contribution is 2.26. The van der Waals surface area contributed by atoms with Crippen molar-refractivity contribution >= 4 is 23.5 Å². The maximum absolute atomic E-state index is 6.16. The lowest BCUT2D eigenvalue weighted by atomic mass is 9.76. The Balaban J connectivity index is 1.45. The van der Waals surface area contributed by atoms with Crippen LogP contribution < -0.4 is 10.2 Å². The Bertz CT molecular complexity index is 946. The molecule has 0 N–H and O–H groups in total. The van der Waals surface area contributed by atoms with Gasteiger partial charge < -0.3 is 14.0 Å². The number of benzene rings is 2. The van der Waals surface area contributed by atoms with Gasteiger partial charge in [0.05, 0.1) is 5.52 Å². The number of ether oxygens (including phenoxy) is 1. The van der Waals surface area contributed by atoms with Gasteiger partial charge in [0.25, 0.3) is 0 Å². The van der Waals surface area contributed by atoms with Crippen molar-refractivity contribution in [1.82, 2.24) is 4.98 Å². The van der Waals surface area contributed by atoms with E-state index in [9.17, 15) is 0 Å². The number of nitrogens with zero attached hydrogens (tertiary/aromatic N) is 1. The average Bonchev–Trinajstić information content (AvgIpc) is 2.72. The predicted molar refractivity (Wildman–Crippen MR) is 113 cm³/mol. The molecule has 5 heteroatoms. The summed E-state index contributed by atoms with van der Waals surface area (Å²) in [7, 11) is -0.278. The second-order valence-electron chi connectivity index (χ2n) is 8.13. The molecule has 1 aromatic heterocycles. The number of hydrogen-bond acceptors (Lipinski definition) is 4. The van der Waals surface area contributed by atoms with Crippen molar-refractivity contribution in [2.24, 2.45) is 5.41 Å². The highest BCUT2D eigenvalue weighted by Gasteiger charge is 2.33. The summed E-state index contributed by atoms with van der Waals surface area (Å²) in [5.41, 5.74) is 4.25. The van der Waals surface area contributed by atoms with Crippen LogP contribution in [0.3, 0.4) is 0 Å². The normalized spacial score (nSPS) is 16.3. The monoisotopic (exact) mass is 375 g/mol. The van der Waals surface area contributed by atoms with Gasteiger partial charge in [-0.25, -0.2) is 0 Å². The van der Waals surface area contributed by atoms with Crippen LogP contribution in [0.25, 0.3) is 10.9 Å². The summed E-state index contributed by atoms with van der Waals surface area (Å²) in [4.78, 5) is 4.68. The molecule has 1 aliphatic heterocycles. The molecule has 0 atom stereocenters. The molecule has 1 saturated heterocycles. The van der Waals surface area contributed by atoms with Crippen LogP contribution in [0, 0.1) is 5.41 Å². The standard InChI is InChI=1S/C23H26BNO3/c1-4-19-13-22(20-7-5-6-8-21(20)25-19)26-14-17-9-11-18(12-10-17)24-27-15-23(2,3)16-28-24/h5-13H,4,14-16H2,1-3H3. The lowest BCUT2D eigenvalue weighted by Crippen LogP contribution is -2.47. The van der Waals surface area contributed by atoms with Crippen LogP contribution in [0.5, 0.6) is 5.75 Å². The van der Waals surface area contributed by atoms with E-state index in [0.29, 0.717) is 19.8 Å². The van der Waals surface area contributed by atoms with E-state index in [4.69, 9.17) is 14.0 Å². The predicted octanol–water partition coefficient (Wildman–Crippen LogP) is 4.14. The maximum Gasteiger partial charge on any atom is 0.493 e. The molecule has 4 nitrogen and oxygen atoms in total. The molecule has 0 unspecified atom stereocenters. The van der Waals surface area contributed by atoms with E-state index in [-0.39, 0.29) is 12.5 Å². The van der Waals surface area contributed by atoms with E-state index in [0.717, 1.165) is 39.8 Å². The van der Waals surface area contributed by atoms with E-state index in [1.807, 2.05) is 24.3 Å². The second kappa shape index (κ2) is 7.94. The Labute approximate surface area is 167 Å². The Kier molecular flexibility index (Phi) is 5.38. The molecule has 0 spiro atoms. The summed E-state index contributed by atoms with van der Waals surface area (Å²) in [5, 5.41) is 1.04. The van der Waals surface area contributed by atoms with Gasteiger partial charge in [0.2, 0.25) is 0 Å². The third-order valence-corrected chi connectivity index (χ3v) is 4.99. The molecule has 0 amide bonds. The van der Waals surface area contributed by atoms with Crippen molar-refractivity contribution < 1.29 is 14.0 Å². The average molecular weight is 375 g/mol. The first-order valence-electron chi connectivity index (χ1n) is 9.87. The topological polar surface area (TPSA) is 40.6 Å². The van der Waals surface area contributed by atoms with E-state index >= 15 is 0 Å². The third kappa shape index (κ3) is 4.21. The maximum atomic E-state index is 6.16. The number of aromatic nitrogens is 1. The van der Waals surface area contributed by atoms with Gasteiger partial charge >= 0.3 is 7.12 Å². The van der Waals surface area contributed by atoms with Gasteiger partial charge in [-0.2, -0.15) is 0 Å². The third-order valence-electron chi connectivity index (χ3n) is 4.99. The first-order valence-corrected chi connectivity index (χ1v) is 9.87. The smallest absolute Gasteiger partial charge is 0.488 e. The van der Waals surface area contributed by atoms with Crippen molar-refractivity contribution in [2.45, 2.75) is 33.8 Å². The zero-order valence-corrected chi connectivity index (χ0v) is 16.8. The van der Waals surface area contributed by atoms with Gasteiger partial charge in [0.15, 0.2) is 0 Å². The zero-order chi connectivity index (χ0) is 19.6. The minimum atomic E-state index is -0.278. The van der Waals surface area contributed by atoms with Crippen molar-refractivity contribution in [3.63, 3.8) is 0 Å². The number of para-hydroxylation sites is 1. The molecule has 4 rings (SSSR count). The molecular formula is C23H26BNO3. The molecule has 28 heavy (non-hydrogen) atoms. The number of pyridine rings is 1. The molecule has 1 fully saturated rings. The molecule has 144 valence electrons. The largest absolute Gasteiger partial charge is 0.493 e. The number of fused-ring (bicyclic) bond motifs is 1. The van der Waals surface area contributed by atoms with E-state index in [1.54, 1.807) is 0 Å². The van der Waals surface area contributed by atoms with Crippen LogP contribution in [-0.4, -0.2) is 25.3 Å². The first-order chi connectivity index (χ1) is 13.5. The molecule has 0 aliphatic carbocycles. The van der Waals surface area contributed by atoms with Crippen molar-refractivity contribution in [1.29, 1.82) is 0 Å². The Morgan fingerprint density at radius 2 is 1.75 bits per heavy atom. The Hall–Kier alpha value is -2.37. The van der Waals surface area contributed by atoms with Gasteiger partial charge in [0.1, 0.15) is 12.4 Å². The minimum Gasteiger partial charge on any atom is -0.488 e. The summed E-state index contributed by atoms with van der Waals surface area (Å²) >= 11 is 0. The van der Waals surface area contributed by atoms with Crippen LogP contribution >= 0.6 is 0 Å². The van der Waals surface area contributed by atoms with Crippen LogP contribution in [0.4, 0.5) is 0 Å². The molecule has 3 aromatic rings. The fourth-order valence-corrected chi connectivity index (χ4v) is 3.31. The van der Waals surface area contributed by atoms with Crippen molar-refractivity contribution in [3.05, 3.63) is 65.9 Å². The fraction of sp³-hybridized carbons (Fsp3) is 0.348. The quantitative estimate of drug-likeness (QED) is 0.629. The summed E-state index contributed by atoms with van der Waals surface area (Å²) in [5.74, 6) is 0.882. The minimum absolute atomic E-state index is 0.0783. The van der Waals surface area contributed by atoms with Crippen LogP contribution in [-0.2, 0) is 22.3 Å². The second-order valence-corrected chi connectivity index (χ2v) is 8.13. The van der Waals surface area contributed by atoms with Gasteiger partial charge in [0, 0.05) is 35.8 Å². The summed E-state index contributed by atoms with van der Waals surface area (Å²) in [6.45, 7) is 8.33. The van der Waals surface area contributed by atoms with E-state index in [2.05, 4.69) is 56.1 Å². The number of hydrogen-bond donors (Lipinski definition) is 0. The fourth-order valence-electron chi connectivity index (χ4n) is 3.31. The highest BCUT2D eigenvalue weighted by molar-refractivity contribution is 6.61. The van der Waals surface area contributed by atoms with E-state index in [1.165, 1.54) is 0 Å². The Morgan fingerprint density at radius 3 is 2.46 bits per heavy atom. The van der Waals surface area contributed by atoms with Crippen LogP contribution in [0.2, 0.25) is 0 Å². The number of rotatable bonds is 5. The first kappa shape index (κ1) is 19.0. The highest BCUT2D eigenvalue weighted by atomic mass is 16.6. The van der Waals surface area contributed by atoms with E-state index < -0.39 is 0 Å². The molecule has 0 saturated carbocycles. The molecule has 2 aromatic carbocycles. The summed E-state index contributed by atoms with van der Waals surface area (Å²) in [6, 6.07) is 18.4. The molecular weight excluding hydrogens is 349 g/mol. The summed E-state index contributed by atoms with van der Waals surface area (Å²) in [6.07, 6.45) is 0.883. The molecule has 1 aliphatic rings. The number of aryl methyl sites for hydroxylation is 1. The van der Waals surface area contributed by atoms with Gasteiger partial charge in [-0.3, -0.25) is 4.98 Å². The molecule has 0 radical (unpaired) electrons. The van der Waals surface area contributed by atoms with Gasteiger partial charge in [-0.1, -0.05) is 57.2 Å². The summed E-state index contributed by atoms with van der Waals surface area (Å²) < 4.78 is 17.9. The lowest BCUT2D eigenvalue weighted by molar-refractivity contribution is 0.0343. The Morgan fingerprint density at radius 1 is 1.04 bits per heavy atom. The van der Waals surface area contributed by atoms with Crippen molar-refractivity contribution in [2.75, 3.05) is 13.2 Å². The van der Waals surface area contributed by atoms with Crippen molar-refractivity contribution in [3.8, 4) is 5.75 Å². The SMILES string of the molecule is CCc1cc(OCc2ccc(B3OCC(C)(C)CO3)cc2)c2ccccc2n1. The molecule has 2 heterocycles. The van der Waals surface area contributed by atoms with Gasteiger partial charge in [-0.05, 0) is 29.6 Å². The van der Waals surface area contributed by atoms with Crippen LogP contribution in [0.15, 0.2) is 54.6 Å².